The molecule has 1 atom stereocenters. The highest BCUT2D eigenvalue weighted by Crippen LogP contribution is 2.27. The van der Waals surface area contributed by atoms with Gasteiger partial charge in [0, 0.05) is 32.8 Å². The summed E-state index contributed by atoms with van der Waals surface area (Å²) in [6, 6.07) is 7.24. The second-order valence-corrected chi connectivity index (χ2v) is 8.91. The average molecular weight is 486 g/mol. The van der Waals surface area contributed by atoms with Crippen molar-refractivity contribution in [2.24, 2.45) is 14.1 Å². The second kappa shape index (κ2) is 10.4. The Bertz CT molecular complexity index is 1310. The normalized spacial score (nSPS) is 15.6. The van der Waals surface area contributed by atoms with E-state index in [0.29, 0.717) is 35.3 Å². The third-order valence-electron chi connectivity index (χ3n) is 5.58. The molecule has 0 bridgehead atoms. The van der Waals surface area contributed by atoms with Gasteiger partial charge in [-0.05, 0) is 44.0 Å². The molecule has 1 aromatic carbocycles. The summed E-state index contributed by atoms with van der Waals surface area (Å²) in [6.07, 6.45) is 1.97. The Morgan fingerprint density at radius 1 is 1.21 bits per heavy atom. The fraction of sp³-hybridized carbons (Fsp3) is 0.435. The molecule has 0 radical (unpaired) electrons. The molecule has 11 heteroatoms. The smallest absolute Gasteiger partial charge is 0.332 e. The van der Waals surface area contributed by atoms with Crippen molar-refractivity contribution in [2.45, 2.75) is 30.9 Å². The summed E-state index contributed by atoms with van der Waals surface area (Å²) in [7, 11) is 2.97. The largest absolute Gasteiger partial charge is 0.494 e. The van der Waals surface area contributed by atoms with Gasteiger partial charge in [-0.3, -0.25) is 18.7 Å². The first kappa shape index (κ1) is 24.0. The van der Waals surface area contributed by atoms with Gasteiger partial charge >= 0.3 is 5.69 Å². The number of rotatable bonds is 8. The van der Waals surface area contributed by atoms with Crippen molar-refractivity contribution in [3.05, 3.63) is 45.1 Å². The number of thioether (sulfide) groups is 1. The van der Waals surface area contributed by atoms with Crippen LogP contribution < -0.4 is 21.3 Å². The molecule has 1 N–H and O–H groups in total. The van der Waals surface area contributed by atoms with Crippen LogP contribution in [0.1, 0.15) is 19.8 Å². The molecule has 1 saturated heterocycles. The molecule has 1 aliphatic heterocycles. The maximum absolute atomic E-state index is 13.0. The van der Waals surface area contributed by atoms with E-state index in [9.17, 15) is 14.4 Å². The van der Waals surface area contributed by atoms with E-state index < -0.39 is 11.2 Å². The van der Waals surface area contributed by atoms with Crippen LogP contribution in [0.5, 0.6) is 5.75 Å². The minimum atomic E-state index is -0.501. The first-order chi connectivity index (χ1) is 16.4. The molecule has 0 unspecified atom stereocenters. The number of nitrogens with zero attached hydrogens (tertiary/aromatic N) is 4. The third kappa shape index (κ3) is 5.00. The lowest BCUT2D eigenvalue weighted by Crippen LogP contribution is -2.38. The van der Waals surface area contributed by atoms with E-state index in [1.54, 1.807) is 19.2 Å². The lowest BCUT2D eigenvalue weighted by molar-refractivity contribution is -0.119. The summed E-state index contributed by atoms with van der Waals surface area (Å²) in [5, 5.41) is 3.42. The van der Waals surface area contributed by atoms with Crippen molar-refractivity contribution >= 4 is 28.7 Å². The molecular weight excluding hydrogens is 458 g/mol. The van der Waals surface area contributed by atoms with Crippen LogP contribution in [-0.4, -0.2) is 56.6 Å². The van der Waals surface area contributed by atoms with Gasteiger partial charge in [0.25, 0.3) is 5.56 Å². The maximum Gasteiger partial charge on any atom is 0.332 e. The van der Waals surface area contributed by atoms with Gasteiger partial charge in [0.15, 0.2) is 11.5 Å². The number of amides is 1. The number of hydrogen-bond acceptors (Lipinski definition) is 8. The summed E-state index contributed by atoms with van der Waals surface area (Å²) in [4.78, 5) is 47.1. The minimum Gasteiger partial charge on any atom is -0.494 e. The summed E-state index contributed by atoms with van der Waals surface area (Å²) in [5.41, 5.74) is -0.0740. The molecule has 1 amide bonds. The zero-order valence-corrected chi connectivity index (χ0v) is 20.2. The van der Waals surface area contributed by atoms with Crippen molar-refractivity contribution < 1.29 is 14.3 Å². The third-order valence-corrected chi connectivity index (χ3v) is 6.56. The van der Waals surface area contributed by atoms with Crippen LogP contribution in [0.4, 0.5) is 0 Å². The van der Waals surface area contributed by atoms with Gasteiger partial charge < -0.3 is 14.8 Å². The van der Waals surface area contributed by atoms with E-state index in [4.69, 9.17) is 9.47 Å². The number of benzene rings is 1. The van der Waals surface area contributed by atoms with Crippen LogP contribution in [0.2, 0.25) is 0 Å². The van der Waals surface area contributed by atoms with Crippen LogP contribution in [0.3, 0.4) is 0 Å². The Morgan fingerprint density at radius 2 is 1.97 bits per heavy atom. The SMILES string of the molecule is CCOc1ccc(-c2nc(SCC(=O)NC[C@@H]3CCCO3)c3c(=O)n(C)c(=O)n(C)c3n2)cc1. The molecule has 3 aromatic rings. The van der Waals surface area contributed by atoms with Gasteiger partial charge in [-0.15, -0.1) is 0 Å². The predicted molar refractivity (Wildman–Crippen MR) is 129 cm³/mol. The fourth-order valence-corrected chi connectivity index (χ4v) is 4.59. The van der Waals surface area contributed by atoms with Crippen molar-refractivity contribution in [2.75, 3.05) is 25.5 Å². The zero-order chi connectivity index (χ0) is 24.2. The number of aromatic nitrogens is 4. The Kier molecular flexibility index (Phi) is 7.32. The topological polar surface area (TPSA) is 117 Å². The number of nitrogens with one attached hydrogen (secondary N) is 1. The highest BCUT2D eigenvalue weighted by atomic mass is 32.2. The van der Waals surface area contributed by atoms with E-state index in [1.165, 1.54) is 11.6 Å². The molecule has 10 nitrogen and oxygen atoms in total. The molecule has 34 heavy (non-hydrogen) atoms. The Hall–Kier alpha value is -3.18. The molecule has 0 saturated carbocycles. The van der Waals surface area contributed by atoms with Gasteiger partial charge in [0.05, 0.1) is 18.5 Å². The average Bonchev–Trinajstić information content (AvgIpc) is 3.37. The second-order valence-electron chi connectivity index (χ2n) is 7.94. The number of carbonyl (C=O) groups excluding carboxylic acids is 1. The molecule has 2 aromatic heterocycles. The highest BCUT2D eigenvalue weighted by Gasteiger charge is 2.20. The molecule has 1 aliphatic rings. The van der Waals surface area contributed by atoms with Crippen molar-refractivity contribution in [3.8, 4) is 17.1 Å². The van der Waals surface area contributed by atoms with E-state index in [2.05, 4.69) is 15.3 Å². The minimum absolute atomic E-state index is 0.0434. The van der Waals surface area contributed by atoms with Crippen LogP contribution in [0, 0.1) is 0 Å². The molecule has 4 rings (SSSR count). The monoisotopic (exact) mass is 485 g/mol. The van der Waals surface area contributed by atoms with Gasteiger partial charge in [-0.25, -0.2) is 14.8 Å². The number of aryl methyl sites for hydroxylation is 1. The lowest BCUT2D eigenvalue weighted by Gasteiger charge is -2.13. The highest BCUT2D eigenvalue weighted by molar-refractivity contribution is 8.00. The summed E-state index contributed by atoms with van der Waals surface area (Å²) in [6.45, 7) is 3.63. The molecular formula is C23H27N5O5S. The van der Waals surface area contributed by atoms with E-state index in [1.807, 2.05) is 19.1 Å². The number of carbonyl (C=O) groups is 1. The predicted octanol–water partition coefficient (Wildman–Crippen LogP) is 1.48. The number of hydrogen-bond donors (Lipinski definition) is 1. The number of fused-ring (bicyclic) bond motifs is 1. The van der Waals surface area contributed by atoms with E-state index in [0.717, 1.165) is 35.8 Å². The van der Waals surface area contributed by atoms with Crippen LogP contribution in [-0.2, 0) is 23.6 Å². The van der Waals surface area contributed by atoms with Crippen molar-refractivity contribution in [1.82, 2.24) is 24.4 Å². The van der Waals surface area contributed by atoms with Crippen molar-refractivity contribution in [3.63, 3.8) is 0 Å². The molecule has 1 fully saturated rings. The summed E-state index contributed by atoms with van der Waals surface area (Å²) >= 11 is 1.14. The molecule has 0 aliphatic carbocycles. The molecule has 0 spiro atoms. The van der Waals surface area contributed by atoms with E-state index >= 15 is 0 Å². The Labute approximate surface area is 200 Å². The van der Waals surface area contributed by atoms with Gasteiger partial charge in [-0.2, -0.15) is 0 Å². The first-order valence-electron chi connectivity index (χ1n) is 11.1. The fourth-order valence-electron chi connectivity index (χ4n) is 3.75. The van der Waals surface area contributed by atoms with Crippen LogP contribution in [0.25, 0.3) is 22.4 Å². The summed E-state index contributed by atoms with van der Waals surface area (Å²) in [5.74, 6) is 0.941. The Morgan fingerprint density at radius 3 is 2.65 bits per heavy atom. The first-order valence-corrected chi connectivity index (χ1v) is 12.1. The Balaban J connectivity index is 1.68. The standard InChI is InChI=1S/C23H27N5O5S/c1-4-32-15-9-7-14(8-10-15)19-25-20-18(22(30)28(3)23(31)27(20)2)21(26-19)34-13-17(29)24-12-16-6-5-11-33-16/h7-10,16H,4-6,11-13H2,1-3H3,(H,24,29)/t16-/m0/s1. The van der Waals surface area contributed by atoms with E-state index in [-0.39, 0.29) is 28.8 Å². The maximum atomic E-state index is 13.0. The van der Waals surface area contributed by atoms with Crippen LogP contribution >= 0.6 is 11.8 Å². The zero-order valence-electron chi connectivity index (χ0n) is 19.4. The lowest BCUT2D eigenvalue weighted by atomic mass is 10.2. The summed E-state index contributed by atoms with van der Waals surface area (Å²) < 4.78 is 13.4. The van der Waals surface area contributed by atoms with Gasteiger partial charge in [-0.1, -0.05) is 11.8 Å². The number of ether oxygens (including phenoxy) is 2. The van der Waals surface area contributed by atoms with Gasteiger partial charge in [0.1, 0.15) is 16.2 Å². The van der Waals surface area contributed by atoms with Crippen LogP contribution in [0.15, 0.2) is 38.9 Å². The molecule has 3 heterocycles. The van der Waals surface area contributed by atoms with Gasteiger partial charge in [0.2, 0.25) is 5.91 Å². The molecule has 180 valence electrons. The quantitative estimate of drug-likeness (QED) is 0.377. The van der Waals surface area contributed by atoms with Crippen molar-refractivity contribution in [1.29, 1.82) is 0 Å².